The number of ether oxygens (including phenoxy) is 1. The van der Waals surface area contributed by atoms with Crippen LogP contribution in [-0.2, 0) is 9.59 Å². The zero-order valence-electron chi connectivity index (χ0n) is 17.9. The maximum atomic E-state index is 12.4. The van der Waals surface area contributed by atoms with E-state index in [2.05, 4.69) is 26.6 Å². The molecule has 0 fully saturated rings. The molecule has 0 aromatic heterocycles. The van der Waals surface area contributed by atoms with Crippen LogP contribution in [0.1, 0.15) is 11.1 Å². The SMILES string of the molecule is Cc1ccc(NC(=O)COc2ccc(/C=C(/C#N)C(=O)Nc3cccc(Cl)c3)cc2Br)cc1Cl. The van der Waals surface area contributed by atoms with Gasteiger partial charge in [-0.25, -0.2) is 0 Å². The first-order valence-corrected chi connectivity index (χ1v) is 11.5. The van der Waals surface area contributed by atoms with Gasteiger partial charge in [0.05, 0.1) is 4.47 Å². The summed E-state index contributed by atoms with van der Waals surface area (Å²) in [5.41, 5.74) is 2.47. The molecule has 172 valence electrons. The number of hydrogen-bond acceptors (Lipinski definition) is 4. The molecule has 3 rings (SSSR count). The van der Waals surface area contributed by atoms with E-state index in [9.17, 15) is 14.9 Å². The quantitative estimate of drug-likeness (QED) is 0.251. The second-order valence-corrected chi connectivity index (χ2v) is 8.82. The summed E-state index contributed by atoms with van der Waals surface area (Å²) in [5, 5.41) is 15.8. The Bertz CT molecular complexity index is 1320. The van der Waals surface area contributed by atoms with E-state index in [1.54, 1.807) is 54.6 Å². The summed E-state index contributed by atoms with van der Waals surface area (Å²) >= 11 is 15.4. The van der Waals surface area contributed by atoms with Gasteiger partial charge in [-0.15, -0.1) is 0 Å². The fourth-order valence-corrected chi connectivity index (χ4v) is 3.70. The zero-order chi connectivity index (χ0) is 24.7. The molecule has 0 aliphatic rings. The second-order valence-electron chi connectivity index (χ2n) is 7.12. The van der Waals surface area contributed by atoms with Crippen molar-refractivity contribution >= 4 is 68.4 Å². The zero-order valence-corrected chi connectivity index (χ0v) is 21.0. The first-order chi connectivity index (χ1) is 16.2. The molecule has 34 heavy (non-hydrogen) atoms. The number of amides is 2. The molecule has 0 spiro atoms. The highest BCUT2D eigenvalue weighted by Gasteiger charge is 2.12. The van der Waals surface area contributed by atoms with Crippen molar-refractivity contribution in [3.63, 3.8) is 0 Å². The lowest BCUT2D eigenvalue weighted by Gasteiger charge is -2.10. The Balaban J connectivity index is 1.63. The number of hydrogen-bond donors (Lipinski definition) is 2. The summed E-state index contributed by atoms with van der Waals surface area (Å²) in [5.74, 6) is -0.481. The van der Waals surface area contributed by atoms with Gasteiger partial charge in [-0.1, -0.05) is 41.4 Å². The largest absolute Gasteiger partial charge is 0.483 e. The summed E-state index contributed by atoms with van der Waals surface area (Å²) in [7, 11) is 0. The molecule has 2 N–H and O–H groups in total. The van der Waals surface area contributed by atoms with Gasteiger partial charge in [0.15, 0.2) is 6.61 Å². The standard InChI is InChI=1S/C25H18BrCl2N3O3/c1-15-5-7-20(12-22(15)28)30-24(32)14-34-23-8-6-16(10-21(23)26)9-17(13-29)25(33)31-19-4-2-3-18(27)11-19/h2-12H,14H2,1H3,(H,30,32)(H,31,33)/b17-9-. The average Bonchev–Trinajstić information content (AvgIpc) is 2.79. The third kappa shape index (κ3) is 7.09. The van der Waals surface area contributed by atoms with Gasteiger partial charge in [0, 0.05) is 21.4 Å². The van der Waals surface area contributed by atoms with Gasteiger partial charge in [0.1, 0.15) is 17.4 Å². The minimum Gasteiger partial charge on any atom is -0.483 e. The summed E-state index contributed by atoms with van der Waals surface area (Å²) < 4.78 is 6.13. The smallest absolute Gasteiger partial charge is 0.266 e. The number of nitrogens with one attached hydrogen (secondary N) is 2. The van der Waals surface area contributed by atoms with Crippen LogP contribution in [0.15, 0.2) is 70.7 Å². The third-order valence-electron chi connectivity index (χ3n) is 4.53. The van der Waals surface area contributed by atoms with Crippen molar-refractivity contribution in [2.75, 3.05) is 17.2 Å². The summed E-state index contributed by atoms with van der Waals surface area (Å²) in [6.45, 7) is 1.66. The molecule has 0 atom stereocenters. The average molecular weight is 559 g/mol. The molecule has 0 aliphatic carbocycles. The van der Waals surface area contributed by atoms with Gasteiger partial charge in [-0.2, -0.15) is 5.26 Å². The van der Waals surface area contributed by atoms with Crippen LogP contribution in [0.5, 0.6) is 5.75 Å². The molecule has 0 radical (unpaired) electrons. The Hall–Kier alpha value is -3.31. The summed E-state index contributed by atoms with van der Waals surface area (Å²) in [6.07, 6.45) is 1.45. The number of nitriles is 1. The van der Waals surface area contributed by atoms with Crippen molar-refractivity contribution in [3.05, 3.63) is 91.9 Å². The molecular formula is C25H18BrCl2N3O3. The highest BCUT2D eigenvalue weighted by molar-refractivity contribution is 9.10. The van der Waals surface area contributed by atoms with E-state index in [1.807, 2.05) is 19.1 Å². The van der Waals surface area contributed by atoms with Crippen molar-refractivity contribution < 1.29 is 14.3 Å². The Labute approximate surface area is 215 Å². The van der Waals surface area contributed by atoms with E-state index in [1.165, 1.54) is 6.08 Å². The van der Waals surface area contributed by atoms with E-state index in [-0.39, 0.29) is 18.1 Å². The Kier molecular flexibility index (Phi) is 8.72. The van der Waals surface area contributed by atoms with Crippen molar-refractivity contribution in [2.24, 2.45) is 0 Å². The van der Waals surface area contributed by atoms with E-state index >= 15 is 0 Å². The first kappa shape index (κ1) is 25.3. The molecule has 9 heteroatoms. The van der Waals surface area contributed by atoms with Crippen molar-refractivity contribution in [3.8, 4) is 11.8 Å². The maximum absolute atomic E-state index is 12.4. The van der Waals surface area contributed by atoms with E-state index in [0.717, 1.165) is 5.56 Å². The third-order valence-corrected chi connectivity index (χ3v) is 5.79. The van der Waals surface area contributed by atoms with Crippen LogP contribution >= 0.6 is 39.1 Å². The molecule has 0 saturated heterocycles. The predicted molar refractivity (Wildman–Crippen MR) is 138 cm³/mol. The van der Waals surface area contributed by atoms with Crippen LogP contribution in [0.2, 0.25) is 10.0 Å². The number of nitrogens with zero attached hydrogens (tertiary/aromatic N) is 1. The molecule has 3 aromatic rings. The fourth-order valence-electron chi connectivity index (χ4n) is 2.81. The van der Waals surface area contributed by atoms with E-state index in [4.69, 9.17) is 27.9 Å². The van der Waals surface area contributed by atoms with Crippen LogP contribution in [-0.4, -0.2) is 18.4 Å². The van der Waals surface area contributed by atoms with Crippen molar-refractivity contribution in [1.29, 1.82) is 5.26 Å². The molecule has 0 aliphatic heterocycles. The van der Waals surface area contributed by atoms with Crippen LogP contribution in [0.25, 0.3) is 6.08 Å². The van der Waals surface area contributed by atoms with Gasteiger partial charge in [-0.3, -0.25) is 9.59 Å². The molecule has 0 heterocycles. The minimum atomic E-state index is -0.561. The molecule has 0 bridgehead atoms. The fraction of sp³-hybridized carbons (Fsp3) is 0.0800. The number of carbonyl (C=O) groups excluding carboxylic acids is 2. The van der Waals surface area contributed by atoms with Crippen LogP contribution < -0.4 is 15.4 Å². The monoisotopic (exact) mass is 557 g/mol. The lowest BCUT2D eigenvalue weighted by atomic mass is 10.1. The number of rotatable bonds is 7. The van der Waals surface area contributed by atoms with Crippen LogP contribution in [0.4, 0.5) is 11.4 Å². The Morgan fingerprint density at radius 1 is 1.06 bits per heavy atom. The highest BCUT2D eigenvalue weighted by Crippen LogP contribution is 2.27. The summed E-state index contributed by atoms with van der Waals surface area (Å²) in [4.78, 5) is 24.6. The van der Waals surface area contributed by atoms with Crippen LogP contribution in [0, 0.1) is 18.3 Å². The van der Waals surface area contributed by atoms with Gasteiger partial charge in [0.25, 0.3) is 11.8 Å². The Morgan fingerprint density at radius 3 is 2.50 bits per heavy atom. The van der Waals surface area contributed by atoms with Gasteiger partial charge >= 0.3 is 0 Å². The van der Waals surface area contributed by atoms with Gasteiger partial charge in [-0.05, 0) is 82.5 Å². The molecule has 0 unspecified atom stereocenters. The lowest BCUT2D eigenvalue weighted by Crippen LogP contribution is -2.20. The summed E-state index contributed by atoms with van der Waals surface area (Å²) in [6, 6.07) is 18.7. The number of halogens is 3. The topological polar surface area (TPSA) is 91.2 Å². The number of anilines is 2. The molecule has 6 nitrogen and oxygen atoms in total. The number of benzene rings is 3. The Morgan fingerprint density at radius 2 is 1.82 bits per heavy atom. The molecular weight excluding hydrogens is 541 g/mol. The highest BCUT2D eigenvalue weighted by atomic mass is 79.9. The number of carbonyl (C=O) groups is 2. The second kappa shape index (κ2) is 11.7. The van der Waals surface area contributed by atoms with Gasteiger partial charge < -0.3 is 15.4 Å². The normalized spacial score (nSPS) is 10.9. The minimum absolute atomic E-state index is 0.0864. The van der Waals surface area contributed by atoms with Crippen molar-refractivity contribution in [2.45, 2.75) is 6.92 Å². The molecule has 0 saturated carbocycles. The van der Waals surface area contributed by atoms with Crippen LogP contribution in [0.3, 0.4) is 0 Å². The van der Waals surface area contributed by atoms with E-state index in [0.29, 0.717) is 37.2 Å². The number of aryl methyl sites for hydroxylation is 1. The predicted octanol–water partition coefficient (Wildman–Crippen LogP) is 6.63. The lowest BCUT2D eigenvalue weighted by molar-refractivity contribution is -0.118. The van der Waals surface area contributed by atoms with E-state index < -0.39 is 5.91 Å². The van der Waals surface area contributed by atoms with Crippen molar-refractivity contribution in [1.82, 2.24) is 0 Å². The van der Waals surface area contributed by atoms with Gasteiger partial charge in [0.2, 0.25) is 0 Å². The molecule has 3 aromatic carbocycles. The maximum Gasteiger partial charge on any atom is 0.266 e. The first-order valence-electron chi connectivity index (χ1n) is 9.92. The molecule has 2 amide bonds.